The summed E-state index contributed by atoms with van der Waals surface area (Å²) in [5.74, 6) is -2.05. The van der Waals surface area contributed by atoms with Gasteiger partial charge in [0.25, 0.3) is 11.5 Å². The maximum Gasteiger partial charge on any atom is 0.326 e. The van der Waals surface area contributed by atoms with Crippen LogP contribution in [0.5, 0.6) is 0 Å². The Morgan fingerprint density at radius 1 is 1.22 bits per heavy atom. The number of esters is 1. The highest BCUT2D eigenvalue weighted by Crippen LogP contribution is 2.15. The monoisotopic (exact) mass is 369 g/mol. The Morgan fingerprint density at radius 2 is 2.00 bits per heavy atom. The number of amides is 1. The van der Waals surface area contributed by atoms with Gasteiger partial charge >= 0.3 is 5.97 Å². The molecule has 0 aliphatic rings. The van der Waals surface area contributed by atoms with Gasteiger partial charge in [0.2, 0.25) is 0 Å². The van der Waals surface area contributed by atoms with Crippen LogP contribution < -0.4 is 10.9 Å². The highest BCUT2D eigenvalue weighted by Gasteiger charge is 2.12. The van der Waals surface area contributed by atoms with E-state index >= 15 is 0 Å². The average molecular weight is 369 g/mol. The van der Waals surface area contributed by atoms with Gasteiger partial charge in [-0.3, -0.25) is 19.0 Å². The first-order chi connectivity index (χ1) is 12.9. The zero-order chi connectivity index (χ0) is 19.4. The summed E-state index contributed by atoms with van der Waals surface area (Å²) in [7, 11) is 0. The number of hydrogen-bond donors (Lipinski definition) is 1. The molecule has 8 heteroatoms. The van der Waals surface area contributed by atoms with Crippen molar-refractivity contribution in [3.8, 4) is 0 Å². The Labute approximate surface area is 153 Å². The number of aromatic nitrogens is 2. The van der Waals surface area contributed by atoms with E-state index in [0.29, 0.717) is 16.5 Å². The molecule has 2 aromatic carbocycles. The number of anilines is 1. The summed E-state index contributed by atoms with van der Waals surface area (Å²) in [4.78, 5) is 40.1. The van der Waals surface area contributed by atoms with Gasteiger partial charge in [0, 0.05) is 0 Å². The fourth-order valence-corrected chi connectivity index (χ4v) is 2.46. The predicted molar refractivity (Wildman–Crippen MR) is 96.7 cm³/mol. The minimum atomic E-state index is -0.784. The number of nitrogens with one attached hydrogen (secondary N) is 1. The highest BCUT2D eigenvalue weighted by molar-refractivity contribution is 5.92. The van der Waals surface area contributed by atoms with Gasteiger partial charge in [-0.1, -0.05) is 18.2 Å². The van der Waals surface area contributed by atoms with Crippen LogP contribution in [0.1, 0.15) is 5.56 Å². The van der Waals surface area contributed by atoms with Gasteiger partial charge in [0.15, 0.2) is 6.61 Å². The molecule has 1 aromatic heterocycles. The summed E-state index contributed by atoms with van der Waals surface area (Å²) in [6.45, 7) is 0.741. The van der Waals surface area contributed by atoms with Crippen molar-refractivity contribution in [1.29, 1.82) is 0 Å². The van der Waals surface area contributed by atoms with E-state index in [0.717, 1.165) is 4.57 Å². The quantitative estimate of drug-likeness (QED) is 0.695. The fraction of sp³-hybridized carbons (Fsp3) is 0.158. The van der Waals surface area contributed by atoms with Crippen molar-refractivity contribution in [3.63, 3.8) is 0 Å². The van der Waals surface area contributed by atoms with Crippen molar-refractivity contribution in [2.75, 3.05) is 11.9 Å². The topological polar surface area (TPSA) is 90.3 Å². The average Bonchev–Trinajstić information content (AvgIpc) is 2.65. The number of carbonyl (C=O) groups excluding carboxylic acids is 2. The Hall–Kier alpha value is -3.55. The van der Waals surface area contributed by atoms with E-state index in [1.807, 2.05) is 0 Å². The molecule has 3 aromatic rings. The number of fused-ring (bicyclic) bond motifs is 1. The molecule has 0 saturated carbocycles. The summed E-state index contributed by atoms with van der Waals surface area (Å²) in [6, 6.07) is 11.1. The van der Waals surface area contributed by atoms with Crippen molar-refractivity contribution in [2.45, 2.75) is 13.5 Å². The zero-order valence-corrected chi connectivity index (χ0v) is 14.4. The number of aryl methyl sites for hydroxylation is 1. The number of hydrogen-bond acceptors (Lipinski definition) is 5. The van der Waals surface area contributed by atoms with Crippen molar-refractivity contribution < 1.29 is 18.7 Å². The molecular weight excluding hydrogens is 353 g/mol. The molecule has 1 N–H and O–H groups in total. The van der Waals surface area contributed by atoms with E-state index in [1.165, 1.54) is 18.5 Å². The molecule has 7 nitrogen and oxygen atoms in total. The zero-order valence-electron chi connectivity index (χ0n) is 14.4. The van der Waals surface area contributed by atoms with E-state index in [-0.39, 0.29) is 17.8 Å². The van der Waals surface area contributed by atoms with Gasteiger partial charge in [-0.15, -0.1) is 0 Å². The Morgan fingerprint density at radius 3 is 2.78 bits per heavy atom. The van der Waals surface area contributed by atoms with Crippen molar-refractivity contribution in [3.05, 3.63) is 70.5 Å². The molecule has 0 bridgehead atoms. The second-order valence-electron chi connectivity index (χ2n) is 5.89. The predicted octanol–water partition coefficient (Wildman–Crippen LogP) is 2.03. The smallest absolute Gasteiger partial charge is 0.326 e. The SMILES string of the molecule is Cc1ccc(NC(=O)COC(=O)Cn2cnc3ccccc3c2=O)c(F)c1. The minimum absolute atomic E-state index is 0.00315. The molecule has 138 valence electrons. The van der Waals surface area contributed by atoms with Crippen LogP contribution in [0.15, 0.2) is 53.6 Å². The second-order valence-corrected chi connectivity index (χ2v) is 5.89. The highest BCUT2D eigenvalue weighted by atomic mass is 19.1. The van der Waals surface area contributed by atoms with Gasteiger partial charge in [-0.05, 0) is 36.8 Å². The van der Waals surface area contributed by atoms with Crippen LogP contribution >= 0.6 is 0 Å². The summed E-state index contributed by atoms with van der Waals surface area (Å²) < 4.78 is 19.7. The molecule has 0 atom stereocenters. The largest absolute Gasteiger partial charge is 0.454 e. The number of nitrogens with zero attached hydrogens (tertiary/aromatic N) is 2. The third-order valence-electron chi connectivity index (χ3n) is 3.79. The standard InChI is InChI=1S/C19H16FN3O4/c1-12-6-7-16(14(20)8-12)22-17(24)10-27-18(25)9-23-11-21-15-5-3-2-4-13(15)19(23)26/h2-8,11H,9-10H2,1H3,(H,22,24). The number of carbonyl (C=O) groups is 2. The van der Waals surface area contributed by atoms with E-state index < -0.39 is 24.3 Å². The molecule has 27 heavy (non-hydrogen) atoms. The molecule has 0 aliphatic heterocycles. The van der Waals surface area contributed by atoms with Crippen molar-refractivity contribution in [1.82, 2.24) is 9.55 Å². The lowest BCUT2D eigenvalue weighted by Gasteiger charge is -2.09. The number of para-hydroxylation sites is 1. The maximum atomic E-state index is 13.7. The molecule has 3 rings (SSSR count). The van der Waals surface area contributed by atoms with Gasteiger partial charge in [0.1, 0.15) is 12.4 Å². The van der Waals surface area contributed by atoms with Gasteiger partial charge in [-0.25, -0.2) is 9.37 Å². The molecule has 0 saturated heterocycles. The Bertz CT molecular complexity index is 1080. The lowest BCUT2D eigenvalue weighted by atomic mass is 10.2. The van der Waals surface area contributed by atoms with Gasteiger partial charge < -0.3 is 10.1 Å². The minimum Gasteiger partial charge on any atom is -0.454 e. The molecular formula is C19H16FN3O4. The summed E-state index contributed by atoms with van der Waals surface area (Å²) in [5, 5.41) is 2.70. The lowest BCUT2D eigenvalue weighted by Crippen LogP contribution is -2.28. The Kier molecular flexibility index (Phi) is 5.25. The lowest BCUT2D eigenvalue weighted by molar-refractivity contribution is -0.147. The maximum absolute atomic E-state index is 13.7. The van der Waals surface area contributed by atoms with Crippen LogP contribution in [0.4, 0.5) is 10.1 Å². The number of rotatable bonds is 5. The number of ether oxygens (including phenoxy) is 1. The van der Waals surface area contributed by atoms with E-state index in [2.05, 4.69) is 10.3 Å². The molecule has 0 radical (unpaired) electrons. The molecule has 1 amide bonds. The molecule has 0 spiro atoms. The first-order valence-electron chi connectivity index (χ1n) is 8.10. The van der Waals surface area contributed by atoms with E-state index in [4.69, 9.17) is 4.74 Å². The first kappa shape index (κ1) is 18.2. The fourth-order valence-electron chi connectivity index (χ4n) is 2.46. The van der Waals surface area contributed by atoms with Crippen LogP contribution in [0.3, 0.4) is 0 Å². The normalized spacial score (nSPS) is 10.6. The van der Waals surface area contributed by atoms with Crippen LogP contribution in [0, 0.1) is 12.7 Å². The van der Waals surface area contributed by atoms with Crippen LogP contribution in [0.2, 0.25) is 0 Å². The van der Waals surface area contributed by atoms with Crippen LogP contribution in [-0.2, 0) is 20.9 Å². The number of halogens is 1. The molecule has 0 unspecified atom stereocenters. The third-order valence-corrected chi connectivity index (χ3v) is 3.79. The van der Waals surface area contributed by atoms with Gasteiger partial charge in [0.05, 0.1) is 22.9 Å². The summed E-state index contributed by atoms with van der Waals surface area (Å²) in [6.07, 6.45) is 1.24. The first-order valence-corrected chi connectivity index (χ1v) is 8.10. The summed E-state index contributed by atoms with van der Waals surface area (Å²) >= 11 is 0. The molecule has 1 heterocycles. The second kappa shape index (κ2) is 7.77. The summed E-state index contributed by atoms with van der Waals surface area (Å²) in [5.41, 5.74) is 0.846. The molecule has 0 fully saturated rings. The Balaban J connectivity index is 1.59. The molecule has 0 aliphatic carbocycles. The van der Waals surface area contributed by atoms with Gasteiger partial charge in [-0.2, -0.15) is 0 Å². The van der Waals surface area contributed by atoms with Crippen molar-refractivity contribution in [2.24, 2.45) is 0 Å². The van der Waals surface area contributed by atoms with Crippen LogP contribution in [-0.4, -0.2) is 28.0 Å². The van der Waals surface area contributed by atoms with Crippen LogP contribution in [0.25, 0.3) is 10.9 Å². The third kappa shape index (κ3) is 4.35. The number of benzene rings is 2. The van der Waals surface area contributed by atoms with E-state index in [9.17, 15) is 18.8 Å². The van der Waals surface area contributed by atoms with Crippen molar-refractivity contribution >= 4 is 28.5 Å². The van der Waals surface area contributed by atoms with E-state index in [1.54, 1.807) is 37.3 Å².